The molecule has 3 rings (SSSR count). The molecule has 0 saturated carbocycles. The average molecular weight is 289 g/mol. The lowest BCUT2D eigenvalue weighted by molar-refractivity contribution is 0.0855. The molecule has 1 saturated heterocycles. The molecule has 110 valence electrons. The SMILES string of the molecule is O=C(NCC1CCCO1)c1cc2ccc(O)cc2oc1=O. The molecule has 1 aliphatic rings. The van der Waals surface area contributed by atoms with E-state index in [2.05, 4.69) is 5.32 Å². The number of ether oxygens (including phenoxy) is 1. The summed E-state index contributed by atoms with van der Waals surface area (Å²) in [5, 5.41) is 12.6. The zero-order chi connectivity index (χ0) is 14.8. The first kappa shape index (κ1) is 13.6. The number of fused-ring (bicyclic) bond motifs is 1. The quantitative estimate of drug-likeness (QED) is 0.834. The van der Waals surface area contributed by atoms with E-state index in [0.717, 1.165) is 12.8 Å². The van der Waals surface area contributed by atoms with Crippen LogP contribution in [0.15, 0.2) is 33.5 Å². The summed E-state index contributed by atoms with van der Waals surface area (Å²) >= 11 is 0. The second-order valence-electron chi connectivity index (χ2n) is 5.01. The van der Waals surface area contributed by atoms with Gasteiger partial charge in [0.15, 0.2) is 0 Å². The minimum absolute atomic E-state index is 0.00114. The van der Waals surface area contributed by atoms with Crippen LogP contribution in [0.3, 0.4) is 0 Å². The van der Waals surface area contributed by atoms with E-state index in [1.165, 1.54) is 18.2 Å². The molecule has 1 unspecified atom stereocenters. The van der Waals surface area contributed by atoms with E-state index in [1.54, 1.807) is 6.07 Å². The maximum absolute atomic E-state index is 12.1. The van der Waals surface area contributed by atoms with Gasteiger partial charge in [-0.05, 0) is 31.0 Å². The van der Waals surface area contributed by atoms with Crippen LogP contribution in [0.5, 0.6) is 5.75 Å². The van der Waals surface area contributed by atoms with Crippen LogP contribution >= 0.6 is 0 Å². The van der Waals surface area contributed by atoms with Gasteiger partial charge in [-0.1, -0.05) is 0 Å². The average Bonchev–Trinajstić information content (AvgIpc) is 2.97. The fraction of sp³-hybridized carbons (Fsp3) is 0.333. The second kappa shape index (κ2) is 5.57. The molecule has 1 amide bonds. The molecule has 0 bridgehead atoms. The van der Waals surface area contributed by atoms with Crippen LogP contribution in [0.2, 0.25) is 0 Å². The number of rotatable bonds is 3. The van der Waals surface area contributed by atoms with E-state index in [9.17, 15) is 14.7 Å². The van der Waals surface area contributed by atoms with Crippen molar-refractivity contribution in [3.63, 3.8) is 0 Å². The van der Waals surface area contributed by atoms with Crippen LogP contribution in [0.25, 0.3) is 11.0 Å². The maximum atomic E-state index is 12.1. The van der Waals surface area contributed by atoms with E-state index >= 15 is 0 Å². The van der Waals surface area contributed by atoms with Gasteiger partial charge in [-0.3, -0.25) is 4.79 Å². The van der Waals surface area contributed by atoms with E-state index < -0.39 is 11.5 Å². The van der Waals surface area contributed by atoms with E-state index in [1.807, 2.05) is 0 Å². The van der Waals surface area contributed by atoms with Gasteiger partial charge in [-0.15, -0.1) is 0 Å². The van der Waals surface area contributed by atoms with Gasteiger partial charge in [-0.25, -0.2) is 4.79 Å². The fourth-order valence-corrected chi connectivity index (χ4v) is 2.37. The molecule has 21 heavy (non-hydrogen) atoms. The first-order chi connectivity index (χ1) is 10.1. The van der Waals surface area contributed by atoms with Crippen molar-refractivity contribution in [2.75, 3.05) is 13.2 Å². The Morgan fingerprint density at radius 3 is 3.00 bits per heavy atom. The Hall–Kier alpha value is -2.34. The van der Waals surface area contributed by atoms with Gasteiger partial charge in [0.1, 0.15) is 16.9 Å². The van der Waals surface area contributed by atoms with Crippen molar-refractivity contribution in [3.05, 3.63) is 40.2 Å². The number of hydrogen-bond donors (Lipinski definition) is 2. The van der Waals surface area contributed by atoms with Crippen molar-refractivity contribution in [1.82, 2.24) is 5.32 Å². The topological polar surface area (TPSA) is 88.8 Å². The smallest absolute Gasteiger partial charge is 0.349 e. The highest BCUT2D eigenvalue weighted by molar-refractivity contribution is 5.96. The third-order valence-corrected chi connectivity index (χ3v) is 3.48. The molecule has 2 heterocycles. The lowest BCUT2D eigenvalue weighted by atomic mass is 10.1. The Bertz CT molecular complexity index is 730. The number of aromatic hydroxyl groups is 1. The molecule has 1 aliphatic heterocycles. The second-order valence-corrected chi connectivity index (χ2v) is 5.01. The summed E-state index contributed by atoms with van der Waals surface area (Å²) in [5.41, 5.74) is -0.528. The third-order valence-electron chi connectivity index (χ3n) is 3.48. The van der Waals surface area contributed by atoms with E-state index in [0.29, 0.717) is 18.5 Å². The Kier molecular flexibility index (Phi) is 3.62. The zero-order valence-electron chi connectivity index (χ0n) is 11.3. The molecule has 2 aromatic rings. The molecule has 1 aromatic heterocycles. The molecule has 0 spiro atoms. The summed E-state index contributed by atoms with van der Waals surface area (Å²) < 4.78 is 10.5. The molecular weight excluding hydrogens is 274 g/mol. The standard InChI is InChI=1S/C15H15NO5/c17-10-4-3-9-6-12(15(19)21-13(9)7-10)14(18)16-8-11-2-1-5-20-11/h3-4,6-7,11,17H,1-2,5,8H2,(H,16,18). The summed E-state index contributed by atoms with van der Waals surface area (Å²) in [5.74, 6) is -0.476. The van der Waals surface area contributed by atoms with Crippen molar-refractivity contribution in [2.45, 2.75) is 18.9 Å². The monoisotopic (exact) mass is 289 g/mol. The molecule has 1 aromatic carbocycles. The molecule has 1 atom stereocenters. The number of nitrogens with one attached hydrogen (secondary N) is 1. The first-order valence-electron chi connectivity index (χ1n) is 6.80. The van der Waals surface area contributed by atoms with Crippen LogP contribution in [0.4, 0.5) is 0 Å². The van der Waals surface area contributed by atoms with Gasteiger partial charge in [-0.2, -0.15) is 0 Å². The third kappa shape index (κ3) is 2.90. The number of carbonyl (C=O) groups excluding carboxylic acids is 1. The Balaban J connectivity index is 1.82. The minimum atomic E-state index is -0.724. The van der Waals surface area contributed by atoms with Gasteiger partial charge < -0.3 is 19.6 Å². The summed E-state index contributed by atoms with van der Waals surface area (Å²) in [4.78, 5) is 23.9. The van der Waals surface area contributed by atoms with Crippen molar-refractivity contribution < 1.29 is 19.1 Å². The molecule has 6 heteroatoms. The minimum Gasteiger partial charge on any atom is -0.508 e. The molecule has 2 N–H and O–H groups in total. The van der Waals surface area contributed by atoms with Gasteiger partial charge in [0.05, 0.1) is 6.10 Å². The Labute approximate surface area is 120 Å². The van der Waals surface area contributed by atoms with Gasteiger partial charge in [0, 0.05) is 24.6 Å². The largest absolute Gasteiger partial charge is 0.508 e. The summed E-state index contributed by atoms with van der Waals surface area (Å²) in [7, 11) is 0. The molecule has 0 aliphatic carbocycles. The number of phenols is 1. The lowest BCUT2D eigenvalue weighted by Crippen LogP contribution is -2.34. The zero-order valence-corrected chi connectivity index (χ0v) is 11.3. The van der Waals surface area contributed by atoms with Crippen LogP contribution in [-0.2, 0) is 4.74 Å². The first-order valence-corrected chi connectivity index (χ1v) is 6.80. The molecular formula is C15H15NO5. The number of phenolic OH excluding ortho intramolecular Hbond substituents is 1. The number of benzene rings is 1. The van der Waals surface area contributed by atoms with Gasteiger partial charge in [0.25, 0.3) is 5.91 Å². The van der Waals surface area contributed by atoms with Gasteiger partial charge >= 0.3 is 5.63 Å². The summed E-state index contributed by atoms with van der Waals surface area (Å²) in [6.07, 6.45) is 1.91. The summed E-state index contributed by atoms with van der Waals surface area (Å²) in [6, 6.07) is 5.86. The van der Waals surface area contributed by atoms with E-state index in [-0.39, 0.29) is 23.0 Å². The normalized spacial score (nSPS) is 18.0. The van der Waals surface area contributed by atoms with Crippen molar-refractivity contribution in [3.8, 4) is 5.75 Å². The van der Waals surface area contributed by atoms with Crippen LogP contribution in [0.1, 0.15) is 23.2 Å². The highest BCUT2D eigenvalue weighted by Crippen LogP contribution is 2.19. The highest BCUT2D eigenvalue weighted by atomic mass is 16.5. The maximum Gasteiger partial charge on any atom is 0.349 e. The fourth-order valence-electron chi connectivity index (χ4n) is 2.37. The molecule has 1 fully saturated rings. The van der Waals surface area contributed by atoms with Crippen molar-refractivity contribution in [2.24, 2.45) is 0 Å². The van der Waals surface area contributed by atoms with Crippen LogP contribution in [0, 0.1) is 0 Å². The predicted molar refractivity (Wildman–Crippen MR) is 75.5 cm³/mol. The predicted octanol–water partition coefficient (Wildman–Crippen LogP) is 1.41. The number of amides is 1. The van der Waals surface area contributed by atoms with Crippen molar-refractivity contribution in [1.29, 1.82) is 0 Å². The summed E-state index contributed by atoms with van der Waals surface area (Å²) in [6.45, 7) is 1.09. The van der Waals surface area contributed by atoms with Crippen LogP contribution < -0.4 is 10.9 Å². The van der Waals surface area contributed by atoms with Gasteiger partial charge in [0.2, 0.25) is 0 Å². The Morgan fingerprint density at radius 2 is 2.24 bits per heavy atom. The molecule has 0 radical (unpaired) electrons. The van der Waals surface area contributed by atoms with E-state index in [4.69, 9.17) is 9.15 Å². The number of carbonyl (C=O) groups is 1. The highest BCUT2D eigenvalue weighted by Gasteiger charge is 2.19. The van der Waals surface area contributed by atoms with Crippen molar-refractivity contribution >= 4 is 16.9 Å². The molecule has 6 nitrogen and oxygen atoms in total. The lowest BCUT2D eigenvalue weighted by Gasteiger charge is -2.10. The number of hydrogen-bond acceptors (Lipinski definition) is 5. The Morgan fingerprint density at radius 1 is 1.38 bits per heavy atom. The van der Waals surface area contributed by atoms with Crippen LogP contribution in [-0.4, -0.2) is 30.3 Å².